The molecule has 142 valence electrons. The van der Waals surface area contributed by atoms with Crippen LogP contribution in [0.1, 0.15) is 18.4 Å². The first-order chi connectivity index (χ1) is 12.4. The van der Waals surface area contributed by atoms with Gasteiger partial charge in [-0.15, -0.1) is 0 Å². The molecule has 2 aliphatic heterocycles. The Morgan fingerprint density at radius 2 is 2.00 bits per heavy atom. The van der Waals surface area contributed by atoms with E-state index in [2.05, 4.69) is 11.8 Å². The number of halogens is 1. The topological polar surface area (TPSA) is 71.1 Å². The molecule has 1 atom stereocenters. The highest BCUT2D eigenvalue weighted by Crippen LogP contribution is 2.24. The normalized spacial score (nSPS) is 21.7. The summed E-state index contributed by atoms with van der Waals surface area (Å²) in [5, 5.41) is 0.754. The summed E-state index contributed by atoms with van der Waals surface area (Å²) >= 11 is 6.14. The summed E-state index contributed by atoms with van der Waals surface area (Å²) in [6.07, 6.45) is 1.65. The van der Waals surface area contributed by atoms with Gasteiger partial charge in [0.1, 0.15) is 0 Å². The van der Waals surface area contributed by atoms with Gasteiger partial charge in [0.15, 0.2) is 6.54 Å². The van der Waals surface area contributed by atoms with E-state index in [1.807, 2.05) is 23.1 Å². The Morgan fingerprint density at radius 1 is 1.27 bits per heavy atom. The second-order valence-electron chi connectivity index (χ2n) is 7.43. The lowest BCUT2D eigenvalue weighted by Crippen LogP contribution is -3.16. The van der Waals surface area contributed by atoms with Gasteiger partial charge in [-0.3, -0.25) is 9.59 Å². The Hall–Kier alpha value is -1.79. The van der Waals surface area contributed by atoms with Crippen molar-refractivity contribution in [1.29, 1.82) is 0 Å². The molecule has 3 N–H and O–H groups in total. The maximum atomic E-state index is 12.6. The lowest BCUT2D eigenvalue weighted by Gasteiger charge is -2.36. The Balaban J connectivity index is 1.51. The molecular weight excluding hydrogens is 352 g/mol. The Bertz CT molecular complexity index is 674. The molecule has 0 radical (unpaired) electrons. The van der Waals surface area contributed by atoms with Gasteiger partial charge < -0.3 is 20.4 Å². The third kappa shape index (κ3) is 4.48. The Morgan fingerprint density at radius 3 is 2.69 bits per heavy atom. The van der Waals surface area contributed by atoms with Crippen LogP contribution in [0.3, 0.4) is 0 Å². The molecule has 0 bridgehead atoms. The lowest BCUT2D eigenvalue weighted by molar-refractivity contribution is -0.892. The van der Waals surface area contributed by atoms with E-state index >= 15 is 0 Å². The second kappa shape index (κ2) is 8.27. The van der Waals surface area contributed by atoms with Crippen molar-refractivity contribution < 1.29 is 14.5 Å². The number of hydrogen-bond acceptors (Lipinski definition) is 3. The lowest BCUT2D eigenvalue weighted by atomic mass is 9.97. The van der Waals surface area contributed by atoms with Crippen molar-refractivity contribution >= 4 is 29.1 Å². The van der Waals surface area contributed by atoms with Crippen LogP contribution in [0.2, 0.25) is 5.02 Å². The van der Waals surface area contributed by atoms with E-state index < -0.39 is 0 Å². The van der Waals surface area contributed by atoms with Gasteiger partial charge >= 0.3 is 0 Å². The smallest absolute Gasteiger partial charge is 0.277 e. The van der Waals surface area contributed by atoms with Gasteiger partial charge in [-0.1, -0.05) is 17.7 Å². The molecule has 0 spiro atoms. The van der Waals surface area contributed by atoms with Gasteiger partial charge in [0.05, 0.1) is 32.1 Å². The number of aryl methyl sites for hydroxylation is 1. The van der Waals surface area contributed by atoms with Crippen molar-refractivity contribution in [2.75, 3.05) is 50.7 Å². The van der Waals surface area contributed by atoms with Gasteiger partial charge in [0.2, 0.25) is 5.91 Å². The Kier molecular flexibility index (Phi) is 6.04. The Labute approximate surface area is 159 Å². The number of nitrogens with two attached hydrogens (primary N) is 1. The summed E-state index contributed by atoms with van der Waals surface area (Å²) < 4.78 is 0. The largest absolute Gasteiger partial charge is 0.369 e. The van der Waals surface area contributed by atoms with Crippen LogP contribution in [0.25, 0.3) is 0 Å². The molecule has 2 aliphatic rings. The molecule has 3 rings (SSSR count). The minimum atomic E-state index is -0.291. The molecule has 0 saturated carbocycles. The molecular formula is C19H28ClN4O2+. The first kappa shape index (κ1) is 19.0. The maximum Gasteiger partial charge on any atom is 0.277 e. The van der Waals surface area contributed by atoms with E-state index in [1.54, 1.807) is 0 Å². The summed E-state index contributed by atoms with van der Waals surface area (Å²) in [6, 6.07) is 5.98. The second-order valence-corrected chi connectivity index (χ2v) is 7.86. The minimum absolute atomic E-state index is 0.137. The summed E-state index contributed by atoms with van der Waals surface area (Å²) in [4.78, 5) is 29.5. The van der Waals surface area contributed by atoms with Crippen molar-refractivity contribution in [3.05, 3.63) is 28.8 Å². The third-order valence-corrected chi connectivity index (χ3v) is 5.80. The monoisotopic (exact) mass is 379 g/mol. The number of carbonyl (C=O) groups excluding carboxylic acids is 2. The van der Waals surface area contributed by atoms with Crippen molar-refractivity contribution in [2.24, 2.45) is 11.7 Å². The number of hydrogen-bond donors (Lipinski definition) is 2. The number of carbonyl (C=O) groups is 2. The zero-order valence-electron chi connectivity index (χ0n) is 15.3. The highest BCUT2D eigenvalue weighted by Gasteiger charge is 2.30. The van der Waals surface area contributed by atoms with Gasteiger partial charge in [-0.2, -0.15) is 0 Å². The van der Waals surface area contributed by atoms with Crippen LogP contribution in [0, 0.1) is 12.8 Å². The average Bonchev–Trinajstić information content (AvgIpc) is 2.64. The molecule has 7 heteroatoms. The van der Waals surface area contributed by atoms with Crippen LogP contribution in [0.5, 0.6) is 0 Å². The van der Waals surface area contributed by atoms with Crippen LogP contribution in [-0.2, 0) is 9.59 Å². The van der Waals surface area contributed by atoms with Gasteiger partial charge in [0, 0.05) is 23.8 Å². The fraction of sp³-hybridized carbons (Fsp3) is 0.579. The highest BCUT2D eigenvalue weighted by atomic mass is 35.5. The van der Waals surface area contributed by atoms with Crippen molar-refractivity contribution in [3.63, 3.8) is 0 Å². The number of piperidine rings is 1. The number of benzene rings is 1. The summed E-state index contributed by atoms with van der Waals surface area (Å²) in [5.41, 5.74) is 7.82. The molecule has 2 amide bonds. The molecule has 0 unspecified atom stereocenters. The van der Waals surface area contributed by atoms with E-state index in [9.17, 15) is 9.59 Å². The highest BCUT2D eigenvalue weighted by molar-refractivity contribution is 6.30. The van der Waals surface area contributed by atoms with Gasteiger partial charge in [0.25, 0.3) is 5.91 Å². The number of rotatable bonds is 4. The quantitative estimate of drug-likeness (QED) is 0.778. The third-order valence-electron chi connectivity index (χ3n) is 5.56. The number of quaternary nitrogens is 1. The predicted octanol–water partition coefficient (Wildman–Crippen LogP) is 0.0772. The van der Waals surface area contributed by atoms with Crippen LogP contribution in [0.15, 0.2) is 18.2 Å². The minimum Gasteiger partial charge on any atom is -0.369 e. The summed E-state index contributed by atoms with van der Waals surface area (Å²) in [5.74, 6) is -0.343. The number of likely N-dealkylation sites (tertiary alicyclic amines) is 1. The number of piperazine rings is 1. The molecule has 26 heavy (non-hydrogen) atoms. The first-order valence-corrected chi connectivity index (χ1v) is 9.73. The fourth-order valence-electron chi connectivity index (χ4n) is 3.93. The number of primary amides is 1. The van der Waals surface area contributed by atoms with Crippen LogP contribution in [0.4, 0.5) is 5.69 Å². The van der Waals surface area contributed by atoms with Crippen LogP contribution < -0.4 is 15.5 Å². The molecule has 1 aromatic carbocycles. The standard InChI is InChI=1S/C19H27ClN4O2/c1-14-4-5-16(20)11-17(14)23-9-7-22(8-10-23)13-18(25)24-6-2-3-15(12-24)19(21)26/h4-5,11,15H,2-3,6-10,12-13H2,1H3,(H2,21,26)/p+1/t15-/m0/s1. The predicted molar refractivity (Wildman–Crippen MR) is 102 cm³/mol. The van der Waals surface area contributed by atoms with E-state index in [1.165, 1.54) is 16.2 Å². The summed E-state index contributed by atoms with van der Waals surface area (Å²) in [7, 11) is 0. The van der Waals surface area contributed by atoms with Gasteiger partial charge in [-0.25, -0.2) is 0 Å². The number of nitrogens with one attached hydrogen (secondary N) is 1. The average molecular weight is 380 g/mol. The van der Waals surface area contributed by atoms with Crippen molar-refractivity contribution in [3.8, 4) is 0 Å². The zero-order chi connectivity index (χ0) is 18.7. The van der Waals surface area contributed by atoms with E-state index in [0.29, 0.717) is 13.1 Å². The van der Waals surface area contributed by atoms with Crippen molar-refractivity contribution in [1.82, 2.24) is 4.90 Å². The van der Waals surface area contributed by atoms with E-state index in [0.717, 1.165) is 50.6 Å². The molecule has 1 aromatic rings. The molecule has 0 aliphatic carbocycles. The molecule has 6 nitrogen and oxygen atoms in total. The molecule has 2 fully saturated rings. The maximum absolute atomic E-state index is 12.6. The van der Waals surface area contributed by atoms with Gasteiger partial charge in [-0.05, 0) is 37.5 Å². The summed E-state index contributed by atoms with van der Waals surface area (Å²) in [6.45, 7) is 7.48. The molecule has 2 saturated heterocycles. The van der Waals surface area contributed by atoms with Crippen LogP contribution >= 0.6 is 11.6 Å². The SMILES string of the molecule is Cc1ccc(Cl)cc1N1CC[NH+](CC(=O)N2CCC[C@H](C(N)=O)C2)CC1. The molecule has 2 heterocycles. The molecule has 0 aromatic heterocycles. The first-order valence-electron chi connectivity index (χ1n) is 9.36. The number of anilines is 1. The zero-order valence-corrected chi connectivity index (χ0v) is 16.1. The van der Waals surface area contributed by atoms with Crippen LogP contribution in [-0.4, -0.2) is 62.5 Å². The fourth-order valence-corrected chi connectivity index (χ4v) is 4.09. The van der Waals surface area contributed by atoms with E-state index in [-0.39, 0.29) is 17.7 Å². The number of amides is 2. The van der Waals surface area contributed by atoms with E-state index in [4.69, 9.17) is 17.3 Å². The number of nitrogens with zero attached hydrogens (tertiary/aromatic N) is 2. The van der Waals surface area contributed by atoms with Crippen molar-refractivity contribution in [2.45, 2.75) is 19.8 Å².